The zero-order valence-corrected chi connectivity index (χ0v) is 11.4. The van der Waals surface area contributed by atoms with E-state index in [0.29, 0.717) is 18.7 Å². The lowest BCUT2D eigenvalue weighted by Gasteiger charge is -2.27. The number of carboxylic acid groups (broad SMARTS) is 1. The molecule has 1 aromatic carbocycles. The second-order valence-corrected chi connectivity index (χ2v) is 4.28. The van der Waals surface area contributed by atoms with Crippen molar-refractivity contribution in [1.29, 1.82) is 0 Å². The van der Waals surface area contributed by atoms with Gasteiger partial charge in [-0.15, -0.1) is 0 Å². The van der Waals surface area contributed by atoms with Gasteiger partial charge in [0.1, 0.15) is 0 Å². The van der Waals surface area contributed by atoms with Crippen LogP contribution in [-0.4, -0.2) is 48.2 Å². The monoisotopic (exact) mass is 265 g/mol. The standard InChI is InChI=1S/C14H19NO4/c1-4-15(10(2)9-19-3)13(16)11-5-7-12(8-6-11)14(17)18/h5-8,10H,4,9H2,1-3H3,(H,17,18). The second-order valence-electron chi connectivity index (χ2n) is 4.28. The number of aromatic carboxylic acids is 1. The maximum atomic E-state index is 12.3. The van der Waals surface area contributed by atoms with Crippen LogP contribution in [0.5, 0.6) is 0 Å². The quantitative estimate of drug-likeness (QED) is 0.852. The van der Waals surface area contributed by atoms with Crippen molar-refractivity contribution in [3.05, 3.63) is 35.4 Å². The normalized spacial score (nSPS) is 11.9. The second kappa shape index (κ2) is 6.89. The number of rotatable bonds is 6. The third kappa shape index (κ3) is 3.79. The van der Waals surface area contributed by atoms with E-state index in [2.05, 4.69) is 0 Å². The molecule has 0 saturated carbocycles. The molecule has 0 radical (unpaired) electrons. The number of benzene rings is 1. The van der Waals surface area contributed by atoms with E-state index >= 15 is 0 Å². The van der Waals surface area contributed by atoms with E-state index in [-0.39, 0.29) is 17.5 Å². The van der Waals surface area contributed by atoms with Crippen LogP contribution in [0, 0.1) is 0 Å². The molecule has 0 aromatic heterocycles. The van der Waals surface area contributed by atoms with Gasteiger partial charge in [0.25, 0.3) is 5.91 Å². The first-order valence-electron chi connectivity index (χ1n) is 6.14. The summed E-state index contributed by atoms with van der Waals surface area (Å²) in [5.41, 5.74) is 0.652. The number of nitrogens with zero attached hydrogens (tertiary/aromatic N) is 1. The third-order valence-electron chi connectivity index (χ3n) is 2.92. The summed E-state index contributed by atoms with van der Waals surface area (Å²) in [4.78, 5) is 24.7. The fourth-order valence-electron chi connectivity index (χ4n) is 1.91. The topological polar surface area (TPSA) is 66.8 Å². The number of hydrogen-bond acceptors (Lipinski definition) is 3. The average molecular weight is 265 g/mol. The molecule has 0 saturated heterocycles. The molecular formula is C14H19NO4. The SMILES string of the molecule is CCN(C(=O)c1ccc(C(=O)O)cc1)C(C)COC. The summed E-state index contributed by atoms with van der Waals surface area (Å²) in [6.45, 7) is 4.85. The Balaban J connectivity index is 2.88. The zero-order chi connectivity index (χ0) is 14.4. The molecule has 5 heteroatoms. The summed E-state index contributed by atoms with van der Waals surface area (Å²) < 4.78 is 5.05. The van der Waals surface area contributed by atoms with Crippen LogP contribution in [0.4, 0.5) is 0 Å². The predicted octanol–water partition coefficient (Wildman–Crippen LogP) is 1.88. The van der Waals surface area contributed by atoms with Crippen molar-refractivity contribution < 1.29 is 19.4 Å². The summed E-state index contributed by atoms with van der Waals surface area (Å²) in [6, 6.07) is 5.91. The van der Waals surface area contributed by atoms with E-state index in [9.17, 15) is 9.59 Å². The van der Waals surface area contributed by atoms with Gasteiger partial charge >= 0.3 is 5.97 Å². The van der Waals surface area contributed by atoms with Crippen LogP contribution in [0.25, 0.3) is 0 Å². The van der Waals surface area contributed by atoms with Crippen LogP contribution in [0.2, 0.25) is 0 Å². The molecule has 1 rings (SSSR count). The van der Waals surface area contributed by atoms with Gasteiger partial charge in [-0.3, -0.25) is 4.79 Å². The van der Waals surface area contributed by atoms with Crippen LogP contribution in [-0.2, 0) is 4.74 Å². The number of carbonyl (C=O) groups excluding carboxylic acids is 1. The molecule has 0 fully saturated rings. The van der Waals surface area contributed by atoms with E-state index in [0.717, 1.165) is 0 Å². The van der Waals surface area contributed by atoms with Crippen molar-refractivity contribution >= 4 is 11.9 Å². The van der Waals surface area contributed by atoms with Gasteiger partial charge in [0.05, 0.1) is 18.2 Å². The third-order valence-corrected chi connectivity index (χ3v) is 2.92. The molecule has 19 heavy (non-hydrogen) atoms. The smallest absolute Gasteiger partial charge is 0.335 e. The molecule has 0 aliphatic carbocycles. The number of ether oxygens (including phenoxy) is 1. The first-order chi connectivity index (χ1) is 9.01. The summed E-state index contributed by atoms with van der Waals surface area (Å²) in [7, 11) is 1.59. The van der Waals surface area contributed by atoms with Crippen LogP contribution >= 0.6 is 0 Å². The molecule has 1 N–H and O–H groups in total. The summed E-state index contributed by atoms with van der Waals surface area (Å²) >= 11 is 0. The highest BCUT2D eigenvalue weighted by Crippen LogP contribution is 2.10. The minimum Gasteiger partial charge on any atom is -0.478 e. The number of methoxy groups -OCH3 is 1. The highest BCUT2D eigenvalue weighted by Gasteiger charge is 2.20. The van der Waals surface area contributed by atoms with Gasteiger partial charge in [-0.25, -0.2) is 4.79 Å². The predicted molar refractivity (Wildman–Crippen MR) is 71.4 cm³/mol. The van der Waals surface area contributed by atoms with E-state index < -0.39 is 5.97 Å². The van der Waals surface area contributed by atoms with Gasteiger partial charge in [0, 0.05) is 19.2 Å². The van der Waals surface area contributed by atoms with Crippen molar-refractivity contribution in [1.82, 2.24) is 4.90 Å². The number of carbonyl (C=O) groups is 2. The maximum Gasteiger partial charge on any atom is 0.335 e. The molecule has 1 unspecified atom stereocenters. The lowest BCUT2D eigenvalue weighted by Crippen LogP contribution is -2.40. The first kappa shape index (κ1) is 15.2. The van der Waals surface area contributed by atoms with Crippen molar-refractivity contribution in [3.8, 4) is 0 Å². The molecule has 0 aliphatic heterocycles. The summed E-state index contributed by atoms with van der Waals surface area (Å²) in [5, 5.41) is 8.82. The molecule has 1 atom stereocenters. The Morgan fingerprint density at radius 1 is 1.26 bits per heavy atom. The summed E-state index contributed by atoms with van der Waals surface area (Å²) in [5.74, 6) is -1.12. The average Bonchev–Trinajstić information content (AvgIpc) is 2.39. The Bertz CT molecular complexity index is 441. The first-order valence-corrected chi connectivity index (χ1v) is 6.14. The van der Waals surface area contributed by atoms with Crippen molar-refractivity contribution in [2.24, 2.45) is 0 Å². The lowest BCUT2D eigenvalue weighted by molar-refractivity contribution is 0.0578. The fourth-order valence-corrected chi connectivity index (χ4v) is 1.91. The van der Waals surface area contributed by atoms with Gasteiger partial charge in [-0.05, 0) is 38.1 Å². The molecule has 104 valence electrons. The molecule has 1 amide bonds. The summed E-state index contributed by atoms with van der Waals surface area (Å²) in [6.07, 6.45) is 0. The van der Waals surface area contributed by atoms with Gasteiger partial charge in [-0.1, -0.05) is 0 Å². The van der Waals surface area contributed by atoms with Gasteiger partial charge < -0.3 is 14.7 Å². The molecule has 0 aliphatic rings. The Hall–Kier alpha value is -1.88. The largest absolute Gasteiger partial charge is 0.478 e. The number of amides is 1. The maximum absolute atomic E-state index is 12.3. The lowest BCUT2D eigenvalue weighted by atomic mass is 10.1. The molecule has 5 nitrogen and oxygen atoms in total. The number of carboxylic acids is 1. The van der Waals surface area contributed by atoms with Gasteiger partial charge in [0.15, 0.2) is 0 Å². The van der Waals surface area contributed by atoms with Crippen LogP contribution < -0.4 is 0 Å². The minimum atomic E-state index is -1.00. The van der Waals surface area contributed by atoms with Crippen LogP contribution in [0.3, 0.4) is 0 Å². The molecule has 0 bridgehead atoms. The van der Waals surface area contributed by atoms with Crippen molar-refractivity contribution in [3.63, 3.8) is 0 Å². The molecule has 1 aromatic rings. The Kier molecular flexibility index (Phi) is 5.51. The van der Waals surface area contributed by atoms with Crippen LogP contribution in [0.15, 0.2) is 24.3 Å². The Morgan fingerprint density at radius 3 is 2.21 bits per heavy atom. The van der Waals surface area contributed by atoms with Crippen molar-refractivity contribution in [2.75, 3.05) is 20.3 Å². The number of likely N-dealkylation sites (N-methyl/N-ethyl adjacent to an activating group) is 1. The molecular weight excluding hydrogens is 246 g/mol. The van der Waals surface area contributed by atoms with E-state index in [4.69, 9.17) is 9.84 Å². The molecule has 0 spiro atoms. The van der Waals surface area contributed by atoms with Crippen LogP contribution in [0.1, 0.15) is 34.6 Å². The highest BCUT2D eigenvalue weighted by molar-refractivity contribution is 5.96. The van der Waals surface area contributed by atoms with Crippen molar-refractivity contribution in [2.45, 2.75) is 19.9 Å². The Morgan fingerprint density at radius 2 is 1.79 bits per heavy atom. The molecule has 0 heterocycles. The van der Waals surface area contributed by atoms with E-state index in [1.165, 1.54) is 24.3 Å². The zero-order valence-electron chi connectivity index (χ0n) is 11.4. The van der Waals surface area contributed by atoms with E-state index in [1.54, 1.807) is 12.0 Å². The number of hydrogen-bond donors (Lipinski definition) is 1. The highest BCUT2D eigenvalue weighted by atomic mass is 16.5. The Labute approximate surface area is 112 Å². The van der Waals surface area contributed by atoms with Gasteiger partial charge in [0.2, 0.25) is 0 Å². The fraction of sp³-hybridized carbons (Fsp3) is 0.429. The van der Waals surface area contributed by atoms with E-state index in [1.807, 2.05) is 13.8 Å². The minimum absolute atomic E-state index is 0.0262. The van der Waals surface area contributed by atoms with Gasteiger partial charge in [-0.2, -0.15) is 0 Å².